The molecule has 0 aliphatic carbocycles. The molecule has 0 heterocycles. The highest BCUT2D eigenvalue weighted by molar-refractivity contribution is 5.81. The minimum atomic E-state index is -0.307. The van der Waals surface area contributed by atoms with Gasteiger partial charge in [-0.2, -0.15) is 0 Å². The Labute approximate surface area is 153 Å². The number of hydrogen-bond acceptors (Lipinski definition) is 3. The topological polar surface area (TPSA) is 61.4 Å². The molecule has 0 saturated heterocycles. The molecule has 0 spiro atoms. The van der Waals surface area contributed by atoms with Crippen molar-refractivity contribution in [3.8, 4) is 0 Å². The van der Waals surface area contributed by atoms with E-state index in [-0.39, 0.29) is 30.7 Å². The van der Waals surface area contributed by atoms with Crippen LogP contribution in [0.15, 0.2) is 54.6 Å². The molecular formula is C20H24FN3O2. The van der Waals surface area contributed by atoms with E-state index in [9.17, 15) is 14.0 Å². The van der Waals surface area contributed by atoms with Crippen LogP contribution in [0, 0.1) is 5.82 Å². The molecule has 0 saturated carbocycles. The van der Waals surface area contributed by atoms with Gasteiger partial charge in [0.1, 0.15) is 5.82 Å². The number of rotatable bonds is 9. The van der Waals surface area contributed by atoms with E-state index >= 15 is 0 Å². The van der Waals surface area contributed by atoms with Gasteiger partial charge in [-0.3, -0.25) is 14.5 Å². The summed E-state index contributed by atoms with van der Waals surface area (Å²) < 4.78 is 12.9. The molecule has 0 unspecified atom stereocenters. The first-order chi connectivity index (χ1) is 12.6. The first-order valence-electron chi connectivity index (χ1n) is 8.61. The predicted octanol–water partition coefficient (Wildman–Crippen LogP) is 2.08. The average molecular weight is 357 g/mol. The van der Waals surface area contributed by atoms with Crippen molar-refractivity contribution < 1.29 is 14.0 Å². The van der Waals surface area contributed by atoms with Crippen LogP contribution in [0.4, 0.5) is 4.39 Å². The second-order valence-electron chi connectivity index (χ2n) is 5.97. The van der Waals surface area contributed by atoms with E-state index in [2.05, 4.69) is 10.6 Å². The zero-order valence-corrected chi connectivity index (χ0v) is 14.9. The number of nitrogens with one attached hydrogen (secondary N) is 2. The summed E-state index contributed by atoms with van der Waals surface area (Å²) in [7, 11) is 0. The Morgan fingerprint density at radius 3 is 1.85 bits per heavy atom. The summed E-state index contributed by atoms with van der Waals surface area (Å²) in [5, 5.41) is 5.63. The summed E-state index contributed by atoms with van der Waals surface area (Å²) >= 11 is 0. The molecule has 2 rings (SSSR count). The van der Waals surface area contributed by atoms with Gasteiger partial charge in [0.25, 0.3) is 0 Å². The van der Waals surface area contributed by atoms with Crippen LogP contribution in [0.2, 0.25) is 0 Å². The lowest BCUT2D eigenvalue weighted by molar-refractivity contribution is -0.125. The van der Waals surface area contributed by atoms with Crippen LogP contribution in [-0.4, -0.2) is 36.3 Å². The Balaban J connectivity index is 1.72. The normalized spacial score (nSPS) is 10.6. The zero-order chi connectivity index (χ0) is 18.8. The molecule has 2 aromatic rings. The molecule has 0 atom stereocenters. The number of amides is 2. The first-order valence-corrected chi connectivity index (χ1v) is 8.61. The molecular weight excluding hydrogens is 333 g/mol. The second kappa shape index (κ2) is 10.3. The molecule has 2 amide bonds. The number of hydrogen-bond donors (Lipinski definition) is 2. The van der Waals surface area contributed by atoms with E-state index in [4.69, 9.17) is 0 Å². The van der Waals surface area contributed by atoms with Crippen molar-refractivity contribution in [2.24, 2.45) is 0 Å². The Bertz CT molecular complexity index is 705. The van der Waals surface area contributed by atoms with Crippen molar-refractivity contribution in [2.45, 2.75) is 20.0 Å². The van der Waals surface area contributed by atoms with Crippen molar-refractivity contribution in [3.05, 3.63) is 71.5 Å². The molecule has 138 valence electrons. The molecule has 2 aromatic carbocycles. The van der Waals surface area contributed by atoms with Gasteiger partial charge < -0.3 is 10.6 Å². The molecule has 0 aliphatic heterocycles. The van der Waals surface area contributed by atoms with Gasteiger partial charge >= 0.3 is 0 Å². The van der Waals surface area contributed by atoms with Gasteiger partial charge in [0.05, 0.1) is 13.1 Å². The summed E-state index contributed by atoms with van der Waals surface area (Å²) in [6, 6.07) is 15.6. The molecule has 0 aromatic heterocycles. The van der Waals surface area contributed by atoms with Gasteiger partial charge in [-0.25, -0.2) is 4.39 Å². The third kappa shape index (κ3) is 7.03. The Hall–Kier alpha value is -2.73. The van der Waals surface area contributed by atoms with Gasteiger partial charge in [-0.05, 0) is 29.8 Å². The molecule has 2 N–H and O–H groups in total. The lowest BCUT2D eigenvalue weighted by Crippen LogP contribution is -2.42. The summed E-state index contributed by atoms with van der Waals surface area (Å²) in [5.41, 5.74) is 1.85. The smallest absolute Gasteiger partial charge is 0.234 e. The first kappa shape index (κ1) is 19.6. The quantitative estimate of drug-likeness (QED) is 0.722. The number of halogens is 1. The Morgan fingerprint density at radius 2 is 1.35 bits per heavy atom. The number of benzene rings is 2. The molecule has 0 aliphatic rings. The molecule has 0 bridgehead atoms. The van der Waals surface area contributed by atoms with E-state index < -0.39 is 0 Å². The van der Waals surface area contributed by atoms with Gasteiger partial charge in [-0.1, -0.05) is 49.4 Å². The van der Waals surface area contributed by atoms with E-state index in [1.165, 1.54) is 12.1 Å². The summed E-state index contributed by atoms with van der Waals surface area (Å²) in [6.07, 6.45) is 0. The second-order valence-corrected chi connectivity index (χ2v) is 5.97. The molecule has 26 heavy (non-hydrogen) atoms. The Morgan fingerprint density at radius 1 is 0.846 bits per heavy atom. The number of carbonyl (C=O) groups is 2. The number of nitrogens with zero attached hydrogens (tertiary/aromatic N) is 1. The lowest BCUT2D eigenvalue weighted by atomic mass is 10.2. The summed E-state index contributed by atoms with van der Waals surface area (Å²) in [5.74, 6) is -0.604. The van der Waals surface area contributed by atoms with Gasteiger partial charge in [0.2, 0.25) is 11.8 Å². The van der Waals surface area contributed by atoms with Gasteiger partial charge in [0, 0.05) is 13.1 Å². The van der Waals surface area contributed by atoms with Crippen LogP contribution < -0.4 is 10.6 Å². The summed E-state index contributed by atoms with van der Waals surface area (Å²) in [4.78, 5) is 25.9. The molecule has 0 fully saturated rings. The van der Waals surface area contributed by atoms with E-state index in [1.54, 1.807) is 17.0 Å². The SMILES string of the molecule is CCN(CC(=O)NCc1ccccc1)CC(=O)NCc1ccc(F)cc1. The fraction of sp³-hybridized carbons (Fsp3) is 0.300. The van der Waals surface area contributed by atoms with Crippen LogP contribution >= 0.6 is 0 Å². The minimum Gasteiger partial charge on any atom is -0.351 e. The maximum absolute atomic E-state index is 12.9. The number of likely N-dealkylation sites (N-methyl/N-ethyl adjacent to an activating group) is 1. The van der Waals surface area contributed by atoms with Crippen molar-refractivity contribution in [1.82, 2.24) is 15.5 Å². The third-order valence-electron chi connectivity index (χ3n) is 3.92. The predicted molar refractivity (Wildman–Crippen MR) is 98.6 cm³/mol. The fourth-order valence-corrected chi connectivity index (χ4v) is 2.40. The molecule has 6 heteroatoms. The van der Waals surface area contributed by atoms with Crippen LogP contribution in [0.1, 0.15) is 18.1 Å². The van der Waals surface area contributed by atoms with E-state index in [0.29, 0.717) is 19.6 Å². The van der Waals surface area contributed by atoms with Crippen LogP contribution in [0.3, 0.4) is 0 Å². The van der Waals surface area contributed by atoms with Crippen molar-refractivity contribution >= 4 is 11.8 Å². The average Bonchev–Trinajstić information content (AvgIpc) is 2.66. The molecule has 0 radical (unpaired) electrons. The van der Waals surface area contributed by atoms with Crippen molar-refractivity contribution in [2.75, 3.05) is 19.6 Å². The number of carbonyl (C=O) groups excluding carboxylic acids is 2. The monoisotopic (exact) mass is 357 g/mol. The summed E-state index contributed by atoms with van der Waals surface area (Å²) in [6.45, 7) is 3.58. The Kier molecular flexibility index (Phi) is 7.76. The minimum absolute atomic E-state index is 0.123. The maximum Gasteiger partial charge on any atom is 0.234 e. The molecule has 5 nitrogen and oxygen atoms in total. The highest BCUT2D eigenvalue weighted by Gasteiger charge is 2.13. The van der Waals surface area contributed by atoms with E-state index in [0.717, 1.165) is 11.1 Å². The lowest BCUT2D eigenvalue weighted by Gasteiger charge is -2.19. The van der Waals surface area contributed by atoms with Gasteiger partial charge in [0.15, 0.2) is 0 Å². The van der Waals surface area contributed by atoms with Crippen LogP contribution in [0.5, 0.6) is 0 Å². The highest BCUT2D eigenvalue weighted by atomic mass is 19.1. The van der Waals surface area contributed by atoms with E-state index in [1.807, 2.05) is 37.3 Å². The maximum atomic E-state index is 12.9. The standard InChI is InChI=1S/C20H24FN3O2/c1-2-24(14-19(25)22-12-16-6-4-3-5-7-16)15-20(26)23-13-17-8-10-18(21)11-9-17/h3-11H,2,12-15H2,1H3,(H,22,25)(H,23,26). The van der Waals surface area contributed by atoms with Crippen molar-refractivity contribution in [1.29, 1.82) is 0 Å². The fourth-order valence-electron chi connectivity index (χ4n) is 2.40. The largest absolute Gasteiger partial charge is 0.351 e. The highest BCUT2D eigenvalue weighted by Crippen LogP contribution is 2.02. The zero-order valence-electron chi connectivity index (χ0n) is 14.9. The van der Waals surface area contributed by atoms with Crippen LogP contribution in [-0.2, 0) is 22.7 Å². The van der Waals surface area contributed by atoms with Gasteiger partial charge in [-0.15, -0.1) is 0 Å². The van der Waals surface area contributed by atoms with Crippen LogP contribution in [0.25, 0.3) is 0 Å². The third-order valence-corrected chi connectivity index (χ3v) is 3.92. The van der Waals surface area contributed by atoms with Crippen molar-refractivity contribution in [3.63, 3.8) is 0 Å².